The van der Waals surface area contributed by atoms with Crippen LogP contribution in [0.15, 0.2) is 0 Å². The van der Waals surface area contributed by atoms with Gasteiger partial charge >= 0.3 is 0 Å². The van der Waals surface area contributed by atoms with Gasteiger partial charge < -0.3 is 15.6 Å². The fourth-order valence-electron chi connectivity index (χ4n) is 3.04. The van der Waals surface area contributed by atoms with E-state index in [2.05, 4.69) is 6.92 Å². The third-order valence-corrected chi connectivity index (χ3v) is 4.60. The molecule has 3 nitrogen and oxygen atoms in total. The molecular formula is C13H27NO2. The van der Waals surface area contributed by atoms with Crippen LogP contribution in [0.2, 0.25) is 0 Å². The van der Waals surface area contributed by atoms with E-state index >= 15 is 0 Å². The molecule has 16 heavy (non-hydrogen) atoms. The van der Waals surface area contributed by atoms with E-state index in [1.54, 1.807) is 7.11 Å². The van der Waals surface area contributed by atoms with Gasteiger partial charge in [0, 0.05) is 19.1 Å². The average molecular weight is 229 g/mol. The molecule has 0 aliphatic heterocycles. The lowest BCUT2D eigenvalue weighted by atomic mass is 9.61. The quantitative estimate of drug-likeness (QED) is 0.757. The van der Waals surface area contributed by atoms with Gasteiger partial charge in [-0.15, -0.1) is 0 Å². The third kappa shape index (κ3) is 2.58. The zero-order chi connectivity index (χ0) is 12.2. The number of hydrogen-bond donors (Lipinski definition) is 2. The molecule has 0 aromatic rings. The van der Waals surface area contributed by atoms with Gasteiger partial charge in [0.25, 0.3) is 0 Å². The molecule has 3 N–H and O–H groups in total. The minimum atomic E-state index is -0.796. The van der Waals surface area contributed by atoms with E-state index in [4.69, 9.17) is 10.5 Å². The van der Waals surface area contributed by atoms with E-state index in [1.165, 1.54) is 19.3 Å². The largest absolute Gasteiger partial charge is 0.387 e. The molecule has 1 saturated carbocycles. The predicted molar refractivity (Wildman–Crippen MR) is 66.2 cm³/mol. The zero-order valence-corrected chi connectivity index (χ0v) is 11.0. The SMILES string of the molecule is CCC1CCC(CN)(C(C)(O)COC)CC1. The number of rotatable bonds is 5. The second-order valence-electron chi connectivity index (χ2n) is 5.54. The van der Waals surface area contributed by atoms with Gasteiger partial charge in [-0.3, -0.25) is 0 Å². The number of hydrogen-bond acceptors (Lipinski definition) is 3. The van der Waals surface area contributed by atoms with Crippen molar-refractivity contribution in [1.29, 1.82) is 0 Å². The van der Waals surface area contributed by atoms with Crippen LogP contribution >= 0.6 is 0 Å². The van der Waals surface area contributed by atoms with Crippen LogP contribution in [0.4, 0.5) is 0 Å². The summed E-state index contributed by atoms with van der Waals surface area (Å²) in [6.45, 7) is 5.05. The van der Waals surface area contributed by atoms with Crippen LogP contribution in [-0.4, -0.2) is 31.0 Å². The first kappa shape index (κ1) is 13.9. The summed E-state index contributed by atoms with van der Waals surface area (Å²) in [4.78, 5) is 0. The van der Waals surface area contributed by atoms with E-state index in [0.29, 0.717) is 13.2 Å². The Morgan fingerprint density at radius 2 is 2.00 bits per heavy atom. The first-order valence-electron chi connectivity index (χ1n) is 6.42. The Labute approximate surface area is 99.4 Å². The lowest BCUT2D eigenvalue weighted by Gasteiger charge is -2.48. The van der Waals surface area contributed by atoms with Crippen LogP contribution in [0.3, 0.4) is 0 Å². The molecule has 3 heteroatoms. The van der Waals surface area contributed by atoms with Gasteiger partial charge in [-0.2, -0.15) is 0 Å². The van der Waals surface area contributed by atoms with Crippen molar-refractivity contribution in [2.45, 2.75) is 51.6 Å². The molecule has 1 atom stereocenters. The number of aliphatic hydroxyl groups is 1. The van der Waals surface area contributed by atoms with Crippen LogP contribution in [0, 0.1) is 11.3 Å². The molecule has 0 saturated heterocycles. The Balaban J connectivity index is 2.72. The van der Waals surface area contributed by atoms with E-state index in [0.717, 1.165) is 18.8 Å². The van der Waals surface area contributed by atoms with Gasteiger partial charge in [0.15, 0.2) is 0 Å². The van der Waals surface area contributed by atoms with E-state index in [-0.39, 0.29) is 5.41 Å². The Morgan fingerprint density at radius 3 is 2.38 bits per heavy atom. The highest BCUT2D eigenvalue weighted by atomic mass is 16.5. The van der Waals surface area contributed by atoms with Crippen LogP contribution in [0.25, 0.3) is 0 Å². The summed E-state index contributed by atoms with van der Waals surface area (Å²) < 4.78 is 5.13. The highest BCUT2D eigenvalue weighted by Gasteiger charge is 2.47. The Morgan fingerprint density at radius 1 is 1.44 bits per heavy atom. The average Bonchev–Trinajstić information content (AvgIpc) is 2.29. The van der Waals surface area contributed by atoms with Crippen molar-refractivity contribution in [1.82, 2.24) is 0 Å². The predicted octanol–water partition coefficient (Wildman–Crippen LogP) is 1.93. The van der Waals surface area contributed by atoms with E-state index in [9.17, 15) is 5.11 Å². The van der Waals surface area contributed by atoms with Crippen molar-refractivity contribution in [3.8, 4) is 0 Å². The summed E-state index contributed by atoms with van der Waals surface area (Å²) in [5, 5.41) is 10.5. The first-order valence-corrected chi connectivity index (χ1v) is 6.42. The first-order chi connectivity index (χ1) is 7.51. The zero-order valence-electron chi connectivity index (χ0n) is 11.0. The molecule has 0 aromatic carbocycles. The molecule has 0 spiro atoms. The smallest absolute Gasteiger partial charge is 0.0919 e. The Kier molecular flexibility index (Phi) is 4.77. The van der Waals surface area contributed by atoms with Gasteiger partial charge in [0.1, 0.15) is 0 Å². The molecule has 96 valence electrons. The Bertz CT molecular complexity index is 208. The van der Waals surface area contributed by atoms with Crippen LogP contribution in [-0.2, 0) is 4.74 Å². The van der Waals surface area contributed by atoms with Gasteiger partial charge in [0.05, 0.1) is 12.2 Å². The summed E-state index contributed by atoms with van der Waals surface area (Å²) in [7, 11) is 1.64. The molecule has 0 radical (unpaired) electrons. The number of ether oxygens (including phenoxy) is 1. The standard InChI is InChI=1S/C13H27NO2/c1-4-11-5-7-13(9-14,8-6-11)12(2,15)10-16-3/h11,15H,4-10,14H2,1-3H3. The minimum absolute atomic E-state index is 0.144. The van der Waals surface area contributed by atoms with Crippen LogP contribution < -0.4 is 5.73 Å². The number of methoxy groups -OCH3 is 1. The molecule has 1 unspecified atom stereocenters. The van der Waals surface area contributed by atoms with Crippen molar-refractivity contribution in [3.05, 3.63) is 0 Å². The molecule has 0 heterocycles. The van der Waals surface area contributed by atoms with Gasteiger partial charge in [-0.25, -0.2) is 0 Å². The molecule has 0 aromatic heterocycles. The maximum absolute atomic E-state index is 10.5. The van der Waals surface area contributed by atoms with Crippen molar-refractivity contribution < 1.29 is 9.84 Å². The monoisotopic (exact) mass is 229 g/mol. The summed E-state index contributed by atoms with van der Waals surface area (Å²) in [5.41, 5.74) is 4.99. The fourth-order valence-corrected chi connectivity index (χ4v) is 3.04. The van der Waals surface area contributed by atoms with Crippen molar-refractivity contribution in [2.75, 3.05) is 20.3 Å². The molecular weight excluding hydrogens is 202 g/mol. The molecule has 1 aliphatic carbocycles. The fraction of sp³-hybridized carbons (Fsp3) is 1.00. The molecule has 0 amide bonds. The second-order valence-corrected chi connectivity index (χ2v) is 5.54. The molecule has 1 rings (SSSR count). The van der Waals surface area contributed by atoms with Gasteiger partial charge in [-0.1, -0.05) is 13.3 Å². The highest BCUT2D eigenvalue weighted by Crippen LogP contribution is 2.46. The van der Waals surface area contributed by atoms with Crippen molar-refractivity contribution >= 4 is 0 Å². The maximum atomic E-state index is 10.5. The summed E-state index contributed by atoms with van der Waals surface area (Å²) >= 11 is 0. The lowest BCUT2D eigenvalue weighted by Crippen LogP contribution is -2.55. The summed E-state index contributed by atoms with van der Waals surface area (Å²) in [5.74, 6) is 0.818. The molecule has 1 fully saturated rings. The lowest BCUT2D eigenvalue weighted by molar-refractivity contribution is -0.127. The van der Waals surface area contributed by atoms with Crippen LogP contribution in [0.5, 0.6) is 0 Å². The minimum Gasteiger partial charge on any atom is -0.387 e. The van der Waals surface area contributed by atoms with Gasteiger partial charge in [-0.05, 0) is 38.5 Å². The topological polar surface area (TPSA) is 55.5 Å². The molecule has 1 aliphatic rings. The van der Waals surface area contributed by atoms with Crippen molar-refractivity contribution in [2.24, 2.45) is 17.1 Å². The van der Waals surface area contributed by atoms with Crippen LogP contribution in [0.1, 0.15) is 46.0 Å². The second kappa shape index (κ2) is 5.48. The van der Waals surface area contributed by atoms with Gasteiger partial charge in [0.2, 0.25) is 0 Å². The summed E-state index contributed by atoms with van der Waals surface area (Å²) in [6, 6.07) is 0. The third-order valence-electron chi connectivity index (χ3n) is 4.60. The van der Waals surface area contributed by atoms with E-state index < -0.39 is 5.60 Å². The highest BCUT2D eigenvalue weighted by molar-refractivity contribution is 4.99. The summed E-state index contributed by atoms with van der Waals surface area (Å²) in [6.07, 6.45) is 5.67. The normalized spacial score (nSPS) is 34.7. The van der Waals surface area contributed by atoms with Crippen molar-refractivity contribution in [3.63, 3.8) is 0 Å². The number of nitrogens with two attached hydrogens (primary N) is 1. The van der Waals surface area contributed by atoms with E-state index in [1.807, 2.05) is 6.92 Å². The molecule has 0 bridgehead atoms. The maximum Gasteiger partial charge on any atom is 0.0919 e. The Hall–Kier alpha value is -0.120.